The Kier molecular flexibility index (Phi) is 4.94. The number of aromatic nitrogens is 2. The molecule has 0 bridgehead atoms. The van der Waals surface area contributed by atoms with Crippen LogP contribution >= 0.6 is 0 Å². The van der Waals surface area contributed by atoms with Gasteiger partial charge in [-0.2, -0.15) is 0 Å². The smallest absolute Gasteiger partial charge is 0.253 e. The van der Waals surface area contributed by atoms with Crippen LogP contribution in [0.3, 0.4) is 0 Å². The first-order chi connectivity index (χ1) is 14.9. The average Bonchev–Trinajstić information content (AvgIpc) is 3.36. The number of rotatable bonds is 4. The second kappa shape index (κ2) is 7.65. The van der Waals surface area contributed by atoms with Gasteiger partial charge in [-0.15, -0.1) is 0 Å². The summed E-state index contributed by atoms with van der Waals surface area (Å²) in [5, 5.41) is 0. The Morgan fingerprint density at radius 3 is 2.61 bits per heavy atom. The Balaban J connectivity index is 1.22. The number of anilines is 1. The van der Waals surface area contributed by atoms with Gasteiger partial charge < -0.3 is 9.30 Å². The number of benzene rings is 1. The highest BCUT2D eigenvalue weighted by atomic mass is 32.2. The molecule has 9 heteroatoms. The summed E-state index contributed by atoms with van der Waals surface area (Å²) in [6.45, 7) is 4.13. The Hall–Kier alpha value is -2.91. The highest BCUT2D eigenvalue weighted by Crippen LogP contribution is 2.31. The highest BCUT2D eigenvalue weighted by Gasteiger charge is 2.28. The Labute approximate surface area is 181 Å². The van der Waals surface area contributed by atoms with Crippen molar-refractivity contribution in [1.82, 2.24) is 19.2 Å². The summed E-state index contributed by atoms with van der Waals surface area (Å²) in [5.41, 5.74) is 4.21. The van der Waals surface area contributed by atoms with Gasteiger partial charge in [0.2, 0.25) is 10.0 Å². The van der Waals surface area contributed by atoms with Gasteiger partial charge >= 0.3 is 0 Å². The molecule has 162 valence electrons. The lowest BCUT2D eigenvalue weighted by Gasteiger charge is -2.34. The number of pyridine rings is 1. The van der Waals surface area contributed by atoms with Crippen LogP contribution in [0.5, 0.6) is 0 Å². The summed E-state index contributed by atoms with van der Waals surface area (Å²) in [7, 11) is -3.28. The van der Waals surface area contributed by atoms with Gasteiger partial charge in [0.05, 0.1) is 17.6 Å². The van der Waals surface area contributed by atoms with Gasteiger partial charge in [0, 0.05) is 57.2 Å². The van der Waals surface area contributed by atoms with Gasteiger partial charge in [0.15, 0.2) is 0 Å². The minimum absolute atomic E-state index is 0.00739. The largest absolute Gasteiger partial charge is 0.336 e. The van der Waals surface area contributed by atoms with E-state index in [1.54, 1.807) is 12.1 Å². The zero-order valence-electron chi connectivity index (χ0n) is 17.4. The SMILES string of the molecule is CS(=O)(=O)N1CCc2cc(C(=O)N3CCN(Cc4cn5ccccc5n4)CC3)ccc21. The Morgan fingerprint density at radius 1 is 1.06 bits per heavy atom. The predicted octanol–water partition coefficient (Wildman–Crippen LogP) is 1.61. The van der Waals surface area contributed by atoms with E-state index in [1.807, 2.05) is 39.8 Å². The number of fused-ring (bicyclic) bond motifs is 2. The fourth-order valence-electron chi connectivity index (χ4n) is 4.43. The first-order valence-corrected chi connectivity index (χ1v) is 12.3. The molecular weight excluding hydrogens is 414 g/mol. The third-order valence-corrected chi connectivity index (χ3v) is 7.22. The zero-order valence-corrected chi connectivity index (χ0v) is 18.3. The summed E-state index contributed by atoms with van der Waals surface area (Å²) < 4.78 is 27.3. The van der Waals surface area contributed by atoms with Crippen LogP contribution in [0.1, 0.15) is 21.6 Å². The first kappa shape index (κ1) is 20.0. The molecule has 3 aromatic rings. The average molecular weight is 440 g/mol. The Bertz CT molecular complexity index is 1210. The van der Waals surface area contributed by atoms with Gasteiger partial charge in [-0.05, 0) is 42.3 Å². The lowest BCUT2D eigenvalue weighted by Crippen LogP contribution is -2.48. The predicted molar refractivity (Wildman–Crippen MR) is 119 cm³/mol. The number of piperazine rings is 1. The molecule has 1 fully saturated rings. The van der Waals surface area contributed by atoms with E-state index in [0.29, 0.717) is 37.3 Å². The number of nitrogens with zero attached hydrogens (tertiary/aromatic N) is 5. The van der Waals surface area contributed by atoms with Crippen molar-refractivity contribution < 1.29 is 13.2 Å². The highest BCUT2D eigenvalue weighted by molar-refractivity contribution is 7.92. The maximum absolute atomic E-state index is 13.0. The lowest BCUT2D eigenvalue weighted by atomic mass is 10.1. The van der Waals surface area contributed by atoms with E-state index in [2.05, 4.69) is 16.1 Å². The van der Waals surface area contributed by atoms with Crippen molar-refractivity contribution in [2.75, 3.05) is 43.3 Å². The van der Waals surface area contributed by atoms with Gasteiger partial charge in [-0.1, -0.05) is 6.07 Å². The van der Waals surface area contributed by atoms with Crippen molar-refractivity contribution in [3.05, 3.63) is 65.6 Å². The quantitative estimate of drug-likeness (QED) is 0.617. The van der Waals surface area contributed by atoms with Crippen LogP contribution in [-0.4, -0.2) is 72.5 Å². The molecule has 0 radical (unpaired) electrons. The van der Waals surface area contributed by atoms with Crippen LogP contribution in [-0.2, 0) is 23.0 Å². The molecule has 1 saturated heterocycles. The minimum atomic E-state index is -3.28. The van der Waals surface area contributed by atoms with E-state index in [1.165, 1.54) is 10.6 Å². The normalized spacial score (nSPS) is 17.3. The molecule has 2 aliphatic heterocycles. The van der Waals surface area contributed by atoms with E-state index in [4.69, 9.17) is 0 Å². The lowest BCUT2D eigenvalue weighted by molar-refractivity contribution is 0.0627. The van der Waals surface area contributed by atoms with Crippen LogP contribution in [0.25, 0.3) is 5.65 Å². The maximum atomic E-state index is 13.0. The van der Waals surface area contributed by atoms with Crippen molar-refractivity contribution >= 4 is 27.3 Å². The molecule has 31 heavy (non-hydrogen) atoms. The first-order valence-electron chi connectivity index (χ1n) is 10.4. The molecule has 2 aliphatic rings. The van der Waals surface area contributed by atoms with Crippen molar-refractivity contribution in [2.45, 2.75) is 13.0 Å². The van der Waals surface area contributed by atoms with Crippen molar-refractivity contribution in [1.29, 1.82) is 0 Å². The van der Waals surface area contributed by atoms with Crippen LogP contribution in [0.15, 0.2) is 48.8 Å². The van der Waals surface area contributed by atoms with E-state index in [-0.39, 0.29) is 5.91 Å². The fourth-order valence-corrected chi connectivity index (χ4v) is 5.39. The third kappa shape index (κ3) is 3.90. The van der Waals surface area contributed by atoms with Gasteiger partial charge in [0.1, 0.15) is 5.65 Å². The molecule has 1 aromatic carbocycles. The zero-order chi connectivity index (χ0) is 21.6. The molecule has 1 amide bonds. The van der Waals surface area contributed by atoms with Crippen molar-refractivity contribution in [2.24, 2.45) is 0 Å². The molecule has 8 nitrogen and oxygen atoms in total. The summed E-state index contributed by atoms with van der Waals surface area (Å²) >= 11 is 0. The molecule has 0 atom stereocenters. The number of hydrogen-bond acceptors (Lipinski definition) is 5. The number of hydrogen-bond donors (Lipinski definition) is 0. The fraction of sp³-hybridized carbons (Fsp3) is 0.364. The summed E-state index contributed by atoms with van der Waals surface area (Å²) in [4.78, 5) is 21.9. The molecule has 0 saturated carbocycles. The van der Waals surface area contributed by atoms with Gasteiger partial charge in [0.25, 0.3) is 5.91 Å². The minimum Gasteiger partial charge on any atom is -0.336 e. The topological polar surface area (TPSA) is 78.2 Å². The number of imidazole rings is 1. The van der Waals surface area contributed by atoms with E-state index >= 15 is 0 Å². The van der Waals surface area contributed by atoms with Gasteiger partial charge in [-0.3, -0.25) is 14.0 Å². The van der Waals surface area contributed by atoms with E-state index < -0.39 is 10.0 Å². The van der Waals surface area contributed by atoms with Crippen LogP contribution in [0.2, 0.25) is 0 Å². The van der Waals surface area contributed by atoms with E-state index in [0.717, 1.165) is 36.5 Å². The van der Waals surface area contributed by atoms with Crippen molar-refractivity contribution in [3.8, 4) is 0 Å². The molecule has 0 aliphatic carbocycles. The van der Waals surface area contributed by atoms with Crippen LogP contribution in [0.4, 0.5) is 5.69 Å². The summed E-state index contributed by atoms with van der Waals surface area (Å²) in [5.74, 6) is 0.00739. The van der Waals surface area contributed by atoms with Gasteiger partial charge in [-0.25, -0.2) is 13.4 Å². The number of carbonyl (C=O) groups excluding carboxylic acids is 1. The third-order valence-electron chi connectivity index (χ3n) is 6.04. The standard InChI is InChI=1S/C22H25N5O3S/c1-31(29,30)27-9-7-17-14-18(5-6-20(17)27)22(28)25-12-10-24(11-13-25)15-19-16-26-8-3-2-4-21(26)23-19/h2-6,8,14,16H,7,9-13,15H2,1H3. The molecular formula is C22H25N5O3S. The molecule has 5 rings (SSSR count). The van der Waals surface area contributed by atoms with E-state index in [9.17, 15) is 13.2 Å². The molecule has 0 spiro atoms. The summed E-state index contributed by atoms with van der Waals surface area (Å²) in [6.07, 6.45) is 5.90. The monoisotopic (exact) mass is 439 g/mol. The molecule has 2 aromatic heterocycles. The molecule has 0 N–H and O–H groups in total. The second-order valence-electron chi connectivity index (χ2n) is 8.20. The number of sulfonamides is 1. The Morgan fingerprint density at radius 2 is 1.87 bits per heavy atom. The number of carbonyl (C=O) groups is 1. The molecule has 0 unspecified atom stereocenters. The molecule has 4 heterocycles. The maximum Gasteiger partial charge on any atom is 0.253 e. The van der Waals surface area contributed by atoms with Crippen LogP contribution in [0, 0.1) is 0 Å². The second-order valence-corrected chi connectivity index (χ2v) is 10.1. The van der Waals surface area contributed by atoms with Crippen molar-refractivity contribution in [3.63, 3.8) is 0 Å². The summed E-state index contributed by atoms with van der Waals surface area (Å²) in [6, 6.07) is 11.3. The number of amides is 1. The van der Waals surface area contributed by atoms with Crippen LogP contribution < -0.4 is 4.31 Å².